The summed E-state index contributed by atoms with van der Waals surface area (Å²) in [6, 6.07) is 48.2. The lowest BCUT2D eigenvalue weighted by atomic mass is 10.0. The van der Waals surface area contributed by atoms with Crippen LogP contribution in [0.15, 0.2) is 155 Å². The van der Waals surface area contributed by atoms with Crippen LogP contribution >= 0.6 is 31.9 Å². The van der Waals surface area contributed by atoms with E-state index in [1.807, 2.05) is 97.1 Å². The number of hydrogen-bond acceptors (Lipinski definition) is 5. The first-order chi connectivity index (χ1) is 23.1. The Balaban J connectivity index is 1.19. The second-order valence-corrected chi connectivity index (χ2v) is 12.8. The molecule has 0 aliphatic heterocycles. The van der Waals surface area contributed by atoms with Crippen molar-refractivity contribution in [1.29, 1.82) is 0 Å². The molecule has 5 nitrogen and oxygen atoms in total. The number of aromatic nitrogens is 4. The van der Waals surface area contributed by atoms with Crippen LogP contribution in [0.1, 0.15) is 0 Å². The Morgan fingerprint density at radius 2 is 0.681 bits per heavy atom. The maximum absolute atomic E-state index is 6.40. The van der Waals surface area contributed by atoms with Crippen molar-refractivity contribution in [3.05, 3.63) is 155 Å². The van der Waals surface area contributed by atoms with Crippen LogP contribution in [-0.2, 0) is 0 Å². The number of ether oxygens (including phenoxy) is 1. The third kappa shape index (κ3) is 6.03. The molecule has 0 saturated carbocycles. The molecule has 0 spiro atoms. The third-order valence-corrected chi connectivity index (χ3v) is 8.89. The Hall–Kier alpha value is -5.24. The van der Waals surface area contributed by atoms with Crippen LogP contribution in [-0.4, -0.2) is 19.9 Å². The molecule has 8 rings (SSSR count). The Kier molecular flexibility index (Phi) is 7.77. The molecular weight excluding hydrogens is 712 g/mol. The summed E-state index contributed by atoms with van der Waals surface area (Å²) < 4.78 is 8.41. The van der Waals surface area contributed by atoms with E-state index in [-0.39, 0.29) is 0 Å². The number of rotatable bonds is 6. The molecule has 2 aromatic heterocycles. The molecule has 224 valence electrons. The first kappa shape index (κ1) is 29.2. The molecule has 0 saturated heterocycles. The first-order valence-corrected chi connectivity index (χ1v) is 16.6. The number of benzene rings is 6. The van der Waals surface area contributed by atoms with Gasteiger partial charge in [-0.25, -0.2) is 19.9 Å². The highest BCUT2D eigenvalue weighted by atomic mass is 79.9. The van der Waals surface area contributed by atoms with Gasteiger partial charge in [0.15, 0.2) is 0 Å². The van der Waals surface area contributed by atoms with Gasteiger partial charge >= 0.3 is 0 Å². The van der Waals surface area contributed by atoms with Crippen molar-refractivity contribution in [3.8, 4) is 56.5 Å². The van der Waals surface area contributed by atoms with E-state index < -0.39 is 0 Å². The Labute approximate surface area is 288 Å². The van der Waals surface area contributed by atoms with Crippen LogP contribution in [0, 0.1) is 0 Å². The molecule has 0 bridgehead atoms. The second kappa shape index (κ2) is 12.5. The molecule has 0 radical (unpaired) electrons. The van der Waals surface area contributed by atoms with Crippen molar-refractivity contribution in [2.75, 3.05) is 0 Å². The fourth-order valence-corrected chi connectivity index (χ4v) is 6.07. The van der Waals surface area contributed by atoms with Crippen LogP contribution < -0.4 is 4.74 Å². The molecule has 0 unspecified atom stereocenters. The molecule has 0 atom stereocenters. The molecule has 47 heavy (non-hydrogen) atoms. The van der Waals surface area contributed by atoms with Gasteiger partial charge in [-0.05, 0) is 48.5 Å². The summed E-state index contributed by atoms with van der Waals surface area (Å²) in [5.74, 6) is 1.31. The molecule has 0 amide bonds. The average Bonchev–Trinajstić information content (AvgIpc) is 3.12. The highest BCUT2D eigenvalue weighted by Gasteiger charge is 2.16. The van der Waals surface area contributed by atoms with Crippen molar-refractivity contribution in [1.82, 2.24) is 19.9 Å². The summed E-state index contributed by atoms with van der Waals surface area (Å²) >= 11 is 7.09. The van der Waals surface area contributed by atoms with Gasteiger partial charge in [-0.1, -0.05) is 117 Å². The zero-order valence-corrected chi connectivity index (χ0v) is 28.0. The van der Waals surface area contributed by atoms with Crippen molar-refractivity contribution in [3.63, 3.8) is 0 Å². The summed E-state index contributed by atoms with van der Waals surface area (Å²) in [7, 11) is 0. The molecule has 2 heterocycles. The predicted molar refractivity (Wildman–Crippen MR) is 196 cm³/mol. The van der Waals surface area contributed by atoms with Gasteiger partial charge in [0, 0.05) is 43.3 Å². The lowest BCUT2D eigenvalue weighted by Gasteiger charge is -2.13. The van der Waals surface area contributed by atoms with Gasteiger partial charge in [0.2, 0.25) is 0 Å². The number of fused-ring (bicyclic) bond motifs is 2. The van der Waals surface area contributed by atoms with Crippen LogP contribution in [0.5, 0.6) is 11.5 Å². The molecule has 6 aromatic carbocycles. The largest absolute Gasteiger partial charge is 0.457 e. The minimum atomic E-state index is 0.655. The third-order valence-electron chi connectivity index (χ3n) is 7.84. The highest BCUT2D eigenvalue weighted by molar-refractivity contribution is 9.10. The summed E-state index contributed by atoms with van der Waals surface area (Å²) in [6.45, 7) is 0. The number of nitrogens with zero attached hydrogens (tertiary/aromatic N) is 4. The Bertz CT molecular complexity index is 2210. The summed E-state index contributed by atoms with van der Waals surface area (Å²) in [6.07, 6.45) is 0. The van der Waals surface area contributed by atoms with Crippen molar-refractivity contribution >= 4 is 53.9 Å². The first-order valence-electron chi connectivity index (χ1n) is 15.0. The molecule has 8 aromatic rings. The van der Waals surface area contributed by atoms with E-state index in [4.69, 9.17) is 24.7 Å². The van der Waals surface area contributed by atoms with E-state index in [2.05, 4.69) is 80.4 Å². The Morgan fingerprint density at radius 3 is 1.06 bits per heavy atom. The van der Waals surface area contributed by atoms with Crippen molar-refractivity contribution in [2.24, 2.45) is 0 Å². The molecule has 0 fully saturated rings. The zero-order valence-electron chi connectivity index (χ0n) is 24.8. The molecule has 0 aliphatic carbocycles. The maximum atomic E-state index is 6.40. The van der Waals surface area contributed by atoms with E-state index in [9.17, 15) is 0 Å². The normalized spacial score (nSPS) is 11.2. The van der Waals surface area contributed by atoms with Gasteiger partial charge in [0.1, 0.15) is 11.5 Å². The fraction of sp³-hybridized carbons (Fsp3) is 0. The summed E-state index contributed by atoms with van der Waals surface area (Å²) in [5, 5.41) is 0. The second-order valence-electron chi connectivity index (χ2n) is 11.0. The monoisotopic (exact) mass is 734 g/mol. The minimum Gasteiger partial charge on any atom is -0.457 e. The standard InChI is InChI=1S/C40H24Br2N4O/c41-29-15-11-27(12-16-29)39-37(25-7-3-1-4-8-25)43-33-21-19-31(23-35(33)45-39)47-32-20-22-34-36(24-32)46-40(28-13-17-30(42)18-14-28)38(44-34)26-9-5-2-6-10-26/h1-24H. The van der Waals surface area contributed by atoms with Gasteiger partial charge < -0.3 is 4.74 Å². The van der Waals surface area contributed by atoms with Crippen LogP contribution in [0.4, 0.5) is 0 Å². The lowest BCUT2D eigenvalue weighted by Crippen LogP contribution is -1.97. The van der Waals surface area contributed by atoms with E-state index >= 15 is 0 Å². The highest BCUT2D eigenvalue weighted by Crippen LogP contribution is 2.35. The maximum Gasteiger partial charge on any atom is 0.129 e. The zero-order chi connectivity index (χ0) is 31.7. The number of hydrogen-bond donors (Lipinski definition) is 0. The lowest BCUT2D eigenvalue weighted by molar-refractivity contribution is 0.484. The van der Waals surface area contributed by atoms with Crippen LogP contribution in [0.2, 0.25) is 0 Å². The van der Waals surface area contributed by atoms with Crippen LogP contribution in [0.25, 0.3) is 67.1 Å². The van der Waals surface area contributed by atoms with Crippen molar-refractivity contribution < 1.29 is 4.74 Å². The fourth-order valence-electron chi connectivity index (χ4n) is 5.54. The van der Waals surface area contributed by atoms with Crippen molar-refractivity contribution in [2.45, 2.75) is 0 Å². The van der Waals surface area contributed by atoms with Gasteiger partial charge in [0.05, 0.1) is 44.8 Å². The SMILES string of the molecule is Brc1ccc(-c2nc3cc(Oc4ccc5nc(-c6ccccc6)c(-c6ccc(Br)cc6)nc5c4)ccc3nc2-c2ccccc2)cc1. The molecule has 0 aliphatic rings. The minimum absolute atomic E-state index is 0.655. The summed E-state index contributed by atoms with van der Waals surface area (Å²) in [4.78, 5) is 20.3. The van der Waals surface area contributed by atoms with E-state index in [0.717, 1.165) is 76.0 Å². The average molecular weight is 736 g/mol. The van der Waals surface area contributed by atoms with E-state index in [0.29, 0.717) is 11.5 Å². The molecular formula is C40H24Br2N4O. The van der Waals surface area contributed by atoms with E-state index in [1.54, 1.807) is 0 Å². The topological polar surface area (TPSA) is 60.8 Å². The smallest absolute Gasteiger partial charge is 0.129 e. The van der Waals surface area contributed by atoms with Gasteiger partial charge in [0.25, 0.3) is 0 Å². The quantitative estimate of drug-likeness (QED) is 0.170. The van der Waals surface area contributed by atoms with E-state index in [1.165, 1.54) is 0 Å². The molecule has 7 heteroatoms. The van der Waals surface area contributed by atoms with Crippen LogP contribution in [0.3, 0.4) is 0 Å². The molecule has 0 N–H and O–H groups in total. The van der Waals surface area contributed by atoms with Gasteiger partial charge in [-0.15, -0.1) is 0 Å². The van der Waals surface area contributed by atoms with Gasteiger partial charge in [-0.3, -0.25) is 0 Å². The number of halogens is 2. The predicted octanol–water partition coefficient (Wildman–Crippen LogP) is 11.6. The Morgan fingerprint density at radius 1 is 0.340 bits per heavy atom. The summed E-state index contributed by atoms with van der Waals surface area (Å²) in [5.41, 5.74) is 10.3. The van der Waals surface area contributed by atoms with Gasteiger partial charge in [-0.2, -0.15) is 0 Å².